The van der Waals surface area contributed by atoms with Gasteiger partial charge in [-0.1, -0.05) is 18.6 Å². The molecule has 7 nitrogen and oxygen atoms in total. The maximum absolute atomic E-state index is 10.9. The Balaban J connectivity index is 2.39. The van der Waals surface area contributed by atoms with E-state index in [-0.39, 0.29) is 16.7 Å². The standard InChI is InChI=1S/C14H19N5O2/c1-4-5-11(15)12-8-18(17-16-12)13-6-10(3)14(19(20)21)7-9(13)2/h6-8,11H,4-5,15H2,1-3H3. The number of nitrogens with zero attached hydrogens (tertiary/aromatic N) is 4. The van der Waals surface area contributed by atoms with Crippen LogP contribution in [0, 0.1) is 24.0 Å². The number of hydrogen-bond acceptors (Lipinski definition) is 5. The Morgan fingerprint density at radius 2 is 2.10 bits per heavy atom. The number of nitro benzene ring substituents is 1. The summed E-state index contributed by atoms with van der Waals surface area (Å²) >= 11 is 0. The van der Waals surface area contributed by atoms with Crippen LogP contribution in [0.15, 0.2) is 18.3 Å². The number of nitro groups is 1. The first-order chi connectivity index (χ1) is 9.93. The van der Waals surface area contributed by atoms with E-state index in [0.29, 0.717) is 5.56 Å². The van der Waals surface area contributed by atoms with Crippen LogP contribution in [-0.4, -0.2) is 19.9 Å². The highest BCUT2D eigenvalue weighted by Gasteiger charge is 2.16. The molecule has 0 saturated carbocycles. The van der Waals surface area contributed by atoms with Gasteiger partial charge >= 0.3 is 0 Å². The van der Waals surface area contributed by atoms with Crippen LogP contribution in [0.5, 0.6) is 0 Å². The molecule has 0 bridgehead atoms. The molecule has 1 atom stereocenters. The van der Waals surface area contributed by atoms with Gasteiger partial charge in [-0.05, 0) is 31.9 Å². The molecule has 0 spiro atoms. The maximum atomic E-state index is 10.9. The number of hydrogen-bond donors (Lipinski definition) is 1. The van der Waals surface area contributed by atoms with Gasteiger partial charge in [0.25, 0.3) is 5.69 Å². The summed E-state index contributed by atoms with van der Waals surface area (Å²) in [7, 11) is 0. The lowest BCUT2D eigenvalue weighted by atomic mass is 10.1. The topological polar surface area (TPSA) is 99.9 Å². The van der Waals surface area contributed by atoms with Crippen LogP contribution in [-0.2, 0) is 0 Å². The minimum Gasteiger partial charge on any atom is -0.323 e. The molecule has 112 valence electrons. The predicted octanol–water partition coefficient (Wildman–Crippen LogP) is 2.59. The van der Waals surface area contributed by atoms with Crippen LogP contribution in [0.2, 0.25) is 0 Å². The molecule has 1 heterocycles. The van der Waals surface area contributed by atoms with Crippen LogP contribution in [0.1, 0.15) is 42.6 Å². The Hall–Kier alpha value is -2.28. The molecule has 0 amide bonds. The highest BCUT2D eigenvalue weighted by atomic mass is 16.6. The van der Waals surface area contributed by atoms with Gasteiger partial charge in [0, 0.05) is 11.6 Å². The van der Waals surface area contributed by atoms with Gasteiger partial charge in [-0.25, -0.2) is 4.68 Å². The normalized spacial score (nSPS) is 12.4. The van der Waals surface area contributed by atoms with E-state index in [2.05, 4.69) is 17.2 Å². The lowest BCUT2D eigenvalue weighted by molar-refractivity contribution is -0.385. The molecule has 1 unspecified atom stereocenters. The lowest BCUT2D eigenvalue weighted by Crippen LogP contribution is -2.10. The van der Waals surface area contributed by atoms with Gasteiger partial charge in [-0.15, -0.1) is 5.10 Å². The second kappa shape index (κ2) is 6.01. The first-order valence-electron chi connectivity index (χ1n) is 6.87. The summed E-state index contributed by atoms with van der Waals surface area (Å²) in [5.41, 5.74) is 9.01. The van der Waals surface area contributed by atoms with Gasteiger partial charge in [0.15, 0.2) is 0 Å². The van der Waals surface area contributed by atoms with E-state index in [1.165, 1.54) is 0 Å². The molecule has 0 radical (unpaired) electrons. The largest absolute Gasteiger partial charge is 0.323 e. The Bertz CT molecular complexity index is 665. The Labute approximate surface area is 122 Å². The molecular formula is C14H19N5O2. The van der Waals surface area contributed by atoms with Gasteiger partial charge in [-0.2, -0.15) is 0 Å². The Kier molecular flexibility index (Phi) is 4.32. The van der Waals surface area contributed by atoms with Crippen molar-refractivity contribution in [3.8, 4) is 5.69 Å². The Morgan fingerprint density at radius 1 is 1.38 bits per heavy atom. The second-order valence-corrected chi connectivity index (χ2v) is 5.17. The first-order valence-corrected chi connectivity index (χ1v) is 6.87. The molecule has 7 heteroatoms. The molecule has 0 aliphatic carbocycles. The van der Waals surface area contributed by atoms with Crippen molar-refractivity contribution in [1.29, 1.82) is 0 Å². The third-order valence-corrected chi connectivity index (χ3v) is 3.45. The van der Waals surface area contributed by atoms with E-state index in [1.54, 1.807) is 29.9 Å². The highest BCUT2D eigenvalue weighted by molar-refractivity contribution is 5.52. The highest BCUT2D eigenvalue weighted by Crippen LogP contribution is 2.25. The van der Waals surface area contributed by atoms with Crippen molar-refractivity contribution >= 4 is 5.69 Å². The number of aryl methyl sites for hydroxylation is 2. The van der Waals surface area contributed by atoms with Crippen molar-refractivity contribution in [3.63, 3.8) is 0 Å². The molecule has 0 aliphatic rings. The Morgan fingerprint density at radius 3 is 2.71 bits per heavy atom. The lowest BCUT2D eigenvalue weighted by Gasteiger charge is -2.07. The summed E-state index contributed by atoms with van der Waals surface area (Å²) in [6, 6.07) is 3.16. The van der Waals surface area contributed by atoms with E-state index in [0.717, 1.165) is 29.8 Å². The van der Waals surface area contributed by atoms with Crippen LogP contribution in [0.3, 0.4) is 0 Å². The molecule has 2 rings (SSSR count). The summed E-state index contributed by atoms with van der Waals surface area (Å²) in [5, 5.41) is 19.1. The minimum atomic E-state index is -0.379. The van der Waals surface area contributed by atoms with Crippen molar-refractivity contribution in [3.05, 3.63) is 45.3 Å². The zero-order valence-corrected chi connectivity index (χ0v) is 12.4. The number of benzene rings is 1. The monoisotopic (exact) mass is 289 g/mol. The molecule has 1 aromatic heterocycles. The number of rotatable bonds is 5. The molecule has 0 fully saturated rings. The molecule has 0 saturated heterocycles. The van der Waals surface area contributed by atoms with Gasteiger partial charge in [0.1, 0.15) is 0 Å². The fourth-order valence-electron chi connectivity index (χ4n) is 2.25. The second-order valence-electron chi connectivity index (χ2n) is 5.17. The summed E-state index contributed by atoms with van der Waals surface area (Å²) in [6.07, 6.45) is 3.61. The van der Waals surface area contributed by atoms with Crippen LogP contribution >= 0.6 is 0 Å². The van der Waals surface area contributed by atoms with E-state index >= 15 is 0 Å². The van der Waals surface area contributed by atoms with Crippen molar-refractivity contribution < 1.29 is 4.92 Å². The van der Waals surface area contributed by atoms with E-state index in [9.17, 15) is 10.1 Å². The van der Waals surface area contributed by atoms with Gasteiger partial charge in [0.05, 0.1) is 28.5 Å². The fourth-order valence-corrected chi connectivity index (χ4v) is 2.25. The van der Waals surface area contributed by atoms with Crippen molar-refractivity contribution in [2.24, 2.45) is 5.73 Å². The number of nitrogens with two attached hydrogens (primary N) is 1. The summed E-state index contributed by atoms with van der Waals surface area (Å²) in [5.74, 6) is 0. The quantitative estimate of drug-likeness (QED) is 0.673. The predicted molar refractivity (Wildman–Crippen MR) is 79.3 cm³/mol. The smallest absolute Gasteiger partial charge is 0.272 e. The summed E-state index contributed by atoms with van der Waals surface area (Å²) in [4.78, 5) is 10.6. The minimum absolute atomic E-state index is 0.110. The van der Waals surface area contributed by atoms with Crippen molar-refractivity contribution in [2.45, 2.75) is 39.7 Å². The van der Waals surface area contributed by atoms with Crippen molar-refractivity contribution in [2.75, 3.05) is 0 Å². The first kappa shape index (κ1) is 15.1. The molecule has 2 N–H and O–H groups in total. The average molecular weight is 289 g/mol. The molecule has 1 aromatic carbocycles. The fraction of sp³-hybridized carbons (Fsp3) is 0.429. The SMILES string of the molecule is CCCC(N)c1cn(-c2cc(C)c([N+](=O)[O-])cc2C)nn1. The molecular weight excluding hydrogens is 270 g/mol. The van der Waals surface area contributed by atoms with Gasteiger partial charge in [-0.3, -0.25) is 10.1 Å². The zero-order chi connectivity index (χ0) is 15.6. The molecule has 21 heavy (non-hydrogen) atoms. The number of aromatic nitrogens is 3. The van der Waals surface area contributed by atoms with Crippen LogP contribution in [0.4, 0.5) is 5.69 Å². The van der Waals surface area contributed by atoms with Crippen LogP contribution in [0.25, 0.3) is 5.69 Å². The molecule has 0 aliphatic heterocycles. The maximum Gasteiger partial charge on any atom is 0.272 e. The van der Waals surface area contributed by atoms with Crippen LogP contribution < -0.4 is 5.73 Å². The van der Waals surface area contributed by atoms with E-state index in [4.69, 9.17) is 5.73 Å². The van der Waals surface area contributed by atoms with E-state index in [1.807, 2.05) is 6.92 Å². The third kappa shape index (κ3) is 3.08. The van der Waals surface area contributed by atoms with Gasteiger partial charge < -0.3 is 5.73 Å². The summed E-state index contributed by atoms with van der Waals surface area (Å²) in [6.45, 7) is 5.59. The van der Waals surface area contributed by atoms with E-state index < -0.39 is 0 Å². The molecule has 2 aromatic rings. The zero-order valence-electron chi connectivity index (χ0n) is 12.4. The van der Waals surface area contributed by atoms with Gasteiger partial charge in [0.2, 0.25) is 0 Å². The van der Waals surface area contributed by atoms with Crippen molar-refractivity contribution in [1.82, 2.24) is 15.0 Å². The summed E-state index contributed by atoms with van der Waals surface area (Å²) < 4.78 is 1.62. The average Bonchev–Trinajstić information content (AvgIpc) is 2.90. The third-order valence-electron chi connectivity index (χ3n) is 3.45.